The second-order valence-corrected chi connectivity index (χ2v) is 3.27. The Morgan fingerprint density at radius 3 is 2.62 bits per heavy atom. The van der Waals surface area contributed by atoms with Gasteiger partial charge in [-0.3, -0.25) is 4.79 Å². The molecule has 0 aliphatic carbocycles. The van der Waals surface area contributed by atoms with E-state index in [4.69, 9.17) is 11.6 Å². The number of ether oxygens (including phenoxy) is 1. The van der Waals surface area contributed by atoms with E-state index in [1.165, 1.54) is 0 Å². The number of methoxy groups -OCH3 is 1. The Morgan fingerprint density at radius 2 is 2.12 bits per heavy atom. The Balaban J connectivity index is 3.13. The second-order valence-electron chi connectivity index (χ2n) is 2.88. The smallest absolute Gasteiger partial charge is 0.418 e. The number of alkyl halides is 3. The van der Waals surface area contributed by atoms with E-state index in [0.29, 0.717) is 0 Å². The molecule has 0 aliphatic rings. The van der Waals surface area contributed by atoms with Crippen LogP contribution in [-0.2, 0) is 22.1 Å². The zero-order valence-electron chi connectivity index (χ0n) is 8.14. The zero-order chi connectivity index (χ0) is 12.3. The molecule has 1 rings (SSSR count). The largest absolute Gasteiger partial charge is 0.469 e. The number of aromatic nitrogens is 1. The number of carbonyl (C=O) groups excluding carboxylic acids is 1. The van der Waals surface area contributed by atoms with Crippen LogP contribution in [0.1, 0.15) is 11.3 Å². The molecule has 0 saturated carbocycles. The number of rotatable bonds is 2. The van der Waals surface area contributed by atoms with Gasteiger partial charge in [0, 0.05) is 0 Å². The average molecular weight is 254 g/mol. The van der Waals surface area contributed by atoms with Crippen molar-refractivity contribution in [2.45, 2.75) is 12.6 Å². The molecule has 0 N–H and O–H groups in total. The highest BCUT2D eigenvalue weighted by molar-refractivity contribution is 6.29. The van der Waals surface area contributed by atoms with Crippen molar-refractivity contribution in [1.82, 2.24) is 4.98 Å². The van der Waals surface area contributed by atoms with Crippen molar-refractivity contribution >= 4 is 17.6 Å². The van der Waals surface area contributed by atoms with Crippen molar-refractivity contribution < 1.29 is 22.7 Å². The van der Waals surface area contributed by atoms with Crippen LogP contribution in [0, 0.1) is 0 Å². The van der Waals surface area contributed by atoms with Gasteiger partial charge in [0.05, 0.1) is 24.8 Å². The lowest BCUT2D eigenvalue weighted by atomic mass is 10.1. The lowest BCUT2D eigenvalue weighted by Gasteiger charge is -2.11. The SMILES string of the molecule is COC(=O)Cc1nc(Cl)ccc1C(F)(F)F. The van der Waals surface area contributed by atoms with Crippen molar-refractivity contribution in [3.05, 3.63) is 28.5 Å². The molecule has 0 saturated heterocycles. The summed E-state index contributed by atoms with van der Waals surface area (Å²) >= 11 is 5.46. The number of pyridine rings is 1. The molecule has 1 aromatic rings. The van der Waals surface area contributed by atoms with Crippen molar-refractivity contribution in [2.24, 2.45) is 0 Å². The predicted molar refractivity (Wildman–Crippen MR) is 50.0 cm³/mol. The third-order valence-corrected chi connectivity index (χ3v) is 2.00. The van der Waals surface area contributed by atoms with Crippen LogP contribution < -0.4 is 0 Å². The van der Waals surface area contributed by atoms with Crippen LogP contribution in [-0.4, -0.2) is 18.1 Å². The highest BCUT2D eigenvalue weighted by Gasteiger charge is 2.34. The standard InChI is InChI=1S/C9H7ClF3NO2/c1-16-8(15)4-6-5(9(11,12)13)2-3-7(10)14-6/h2-3H,4H2,1H3. The maximum atomic E-state index is 12.5. The van der Waals surface area contributed by atoms with Crippen molar-refractivity contribution in [3.63, 3.8) is 0 Å². The highest BCUT2D eigenvalue weighted by atomic mass is 35.5. The topological polar surface area (TPSA) is 39.2 Å². The molecule has 7 heteroatoms. The zero-order valence-corrected chi connectivity index (χ0v) is 8.89. The lowest BCUT2D eigenvalue weighted by molar-refractivity contribution is -0.141. The average Bonchev–Trinajstić information content (AvgIpc) is 2.15. The third-order valence-electron chi connectivity index (χ3n) is 1.79. The summed E-state index contributed by atoms with van der Waals surface area (Å²) in [5, 5.41) is -0.105. The van der Waals surface area contributed by atoms with E-state index in [2.05, 4.69) is 9.72 Å². The molecule has 0 bridgehead atoms. The first-order valence-electron chi connectivity index (χ1n) is 4.14. The molecule has 0 aromatic carbocycles. The molecule has 3 nitrogen and oxygen atoms in total. The predicted octanol–water partition coefficient (Wildman–Crippen LogP) is 2.47. The van der Waals surface area contributed by atoms with Gasteiger partial charge in [-0.05, 0) is 12.1 Å². The maximum absolute atomic E-state index is 12.5. The summed E-state index contributed by atoms with van der Waals surface area (Å²) in [6.45, 7) is 0. The quantitative estimate of drug-likeness (QED) is 0.600. The minimum absolute atomic E-state index is 0.105. The van der Waals surface area contributed by atoms with Crippen molar-refractivity contribution in [1.29, 1.82) is 0 Å². The molecular weight excluding hydrogens is 247 g/mol. The van der Waals surface area contributed by atoms with Gasteiger partial charge < -0.3 is 4.74 Å². The van der Waals surface area contributed by atoms with Crippen LogP contribution in [0.15, 0.2) is 12.1 Å². The van der Waals surface area contributed by atoms with Gasteiger partial charge in [-0.15, -0.1) is 0 Å². The second kappa shape index (κ2) is 4.69. The van der Waals surface area contributed by atoms with E-state index in [1.807, 2.05) is 0 Å². The first-order chi connectivity index (χ1) is 7.34. The Bertz CT molecular complexity index is 406. The van der Waals surface area contributed by atoms with E-state index in [9.17, 15) is 18.0 Å². The van der Waals surface area contributed by atoms with Gasteiger partial charge in [0.25, 0.3) is 0 Å². The fourth-order valence-electron chi connectivity index (χ4n) is 1.08. The summed E-state index contributed by atoms with van der Waals surface area (Å²) in [6, 6.07) is 1.80. The number of esters is 1. The number of hydrogen-bond acceptors (Lipinski definition) is 3. The molecule has 0 unspecified atom stereocenters. The van der Waals surface area contributed by atoms with Gasteiger partial charge in [0.15, 0.2) is 0 Å². The molecule has 0 radical (unpaired) electrons. The third kappa shape index (κ3) is 3.10. The van der Waals surface area contributed by atoms with Crippen LogP contribution in [0.2, 0.25) is 5.15 Å². The fourth-order valence-corrected chi connectivity index (χ4v) is 1.24. The van der Waals surface area contributed by atoms with Crippen molar-refractivity contribution in [2.75, 3.05) is 7.11 Å². The maximum Gasteiger partial charge on any atom is 0.418 e. The monoisotopic (exact) mass is 253 g/mol. The Labute approximate surface area is 94.2 Å². The Hall–Kier alpha value is -1.30. The van der Waals surface area contributed by atoms with Crippen molar-refractivity contribution in [3.8, 4) is 0 Å². The van der Waals surface area contributed by atoms with Gasteiger partial charge in [-0.2, -0.15) is 13.2 Å². The molecule has 16 heavy (non-hydrogen) atoms. The number of nitrogens with zero attached hydrogens (tertiary/aromatic N) is 1. The summed E-state index contributed by atoms with van der Waals surface area (Å²) in [5.41, 5.74) is -1.42. The van der Waals surface area contributed by atoms with Crippen LogP contribution in [0.25, 0.3) is 0 Å². The van der Waals surface area contributed by atoms with Crippen LogP contribution in [0.5, 0.6) is 0 Å². The number of hydrogen-bond donors (Lipinski definition) is 0. The molecular formula is C9H7ClF3NO2. The number of carbonyl (C=O) groups is 1. The highest BCUT2D eigenvalue weighted by Crippen LogP contribution is 2.32. The molecule has 1 aromatic heterocycles. The summed E-state index contributed by atoms with van der Waals surface area (Å²) in [5.74, 6) is -0.805. The summed E-state index contributed by atoms with van der Waals surface area (Å²) in [6.07, 6.45) is -5.13. The summed E-state index contributed by atoms with van der Waals surface area (Å²) in [4.78, 5) is 14.4. The number of halogens is 4. The molecule has 1 heterocycles. The minimum Gasteiger partial charge on any atom is -0.469 e. The summed E-state index contributed by atoms with van der Waals surface area (Å²) < 4.78 is 41.8. The molecule has 0 atom stereocenters. The molecule has 88 valence electrons. The molecule has 0 aliphatic heterocycles. The van der Waals surface area contributed by atoms with Gasteiger partial charge in [0.2, 0.25) is 0 Å². The van der Waals surface area contributed by atoms with E-state index < -0.39 is 29.8 Å². The van der Waals surface area contributed by atoms with Crippen LogP contribution in [0.3, 0.4) is 0 Å². The molecule has 0 amide bonds. The fraction of sp³-hybridized carbons (Fsp3) is 0.333. The summed E-state index contributed by atoms with van der Waals surface area (Å²) in [7, 11) is 1.08. The van der Waals surface area contributed by atoms with Gasteiger partial charge >= 0.3 is 12.1 Å². The van der Waals surface area contributed by atoms with Gasteiger partial charge in [-0.1, -0.05) is 11.6 Å². The molecule has 0 fully saturated rings. The van der Waals surface area contributed by atoms with Gasteiger partial charge in [-0.25, -0.2) is 4.98 Å². The normalized spacial score (nSPS) is 11.3. The Kier molecular flexibility index (Phi) is 3.74. The first-order valence-corrected chi connectivity index (χ1v) is 4.52. The molecule has 0 spiro atoms. The van der Waals surface area contributed by atoms with E-state index >= 15 is 0 Å². The van der Waals surface area contributed by atoms with E-state index in [-0.39, 0.29) is 5.15 Å². The van der Waals surface area contributed by atoms with E-state index in [1.54, 1.807) is 0 Å². The minimum atomic E-state index is -4.57. The first kappa shape index (κ1) is 12.8. The lowest BCUT2D eigenvalue weighted by Crippen LogP contribution is -2.15. The van der Waals surface area contributed by atoms with Crippen LogP contribution in [0.4, 0.5) is 13.2 Å². The Morgan fingerprint density at radius 1 is 1.50 bits per heavy atom. The van der Waals surface area contributed by atoms with Gasteiger partial charge in [0.1, 0.15) is 5.15 Å². The van der Waals surface area contributed by atoms with E-state index in [0.717, 1.165) is 19.2 Å². The van der Waals surface area contributed by atoms with Crippen LogP contribution >= 0.6 is 11.6 Å².